The van der Waals surface area contributed by atoms with Crippen molar-refractivity contribution in [1.29, 1.82) is 0 Å². The molecule has 2 nitrogen and oxygen atoms in total. The predicted molar refractivity (Wildman–Crippen MR) is 73.0 cm³/mol. The molecule has 0 unspecified atom stereocenters. The monoisotopic (exact) mass is 253 g/mol. The van der Waals surface area contributed by atoms with Crippen LogP contribution in [0.1, 0.15) is 5.69 Å². The molecule has 0 saturated heterocycles. The summed E-state index contributed by atoms with van der Waals surface area (Å²) in [6.45, 7) is 1.74. The Morgan fingerprint density at radius 2 is 1.63 bits per heavy atom. The Hall–Kier alpha value is -2.42. The Kier molecular flexibility index (Phi) is 2.88. The highest BCUT2D eigenvalue weighted by atomic mass is 19.1. The van der Waals surface area contributed by atoms with E-state index in [1.165, 1.54) is 0 Å². The Bertz CT molecular complexity index is 725. The molecule has 0 atom stereocenters. The average Bonchev–Trinajstić information content (AvgIpc) is 2.45. The number of hydrogen-bond donors (Lipinski definition) is 0. The average molecular weight is 253 g/mol. The zero-order valence-electron chi connectivity index (χ0n) is 10.4. The first-order chi connectivity index (χ1) is 9.25. The van der Waals surface area contributed by atoms with Crippen molar-refractivity contribution in [3.05, 3.63) is 66.1 Å². The van der Waals surface area contributed by atoms with Crippen LogP contribution in [-0.2, 0) is 0 Å². The summed E-state index contributed by atoms with van der Waals surface area (Å²) in [5.41, 5.74) is 1.18. The van der Waals surface area contributed by atoms with Crippen molar-refractivity contribution in [3.63, 3.8) is 0 Å². The van der Waals surface area contributed by atoms with Gasteiger partial charge in [-0.15, -0.1) is 0 Å². The van der Waals surface area contributed by atoms with Gasteiger partial charge in [0.2, 0.25) is 0 Å². The number of nitrogens with zero attached hydrogens (tertiary/aromatic N) is 1. The number of pyridine rings is 1. The Labute approximate surface area is 110 Å². The fourth-order valence-electron chi connectivity index (χ4n) is 1.99. The number of aryl methyl sites for hydroxylation is 1. The number of fused-ring (bicyclic) bond motifs is 1. The predicted octanol–water partition coefficient (Wildman–Crippen LogP) is 4.47. The van der Waals surface area contributed by atoms with E-state index in [0.717, 1.165) is 0 Å². The molecular formula is C16H12FNO. The largest absolute Gasteiger partial charge is 0.452 e. The molecule has 0 aliphatic rings. The van der Waals surface area contributed by atoms with Crippen molar-refractivity contribution in [3.8, 4) is 11.5 Å². The third-order valence-electron chi connectivity index (χ3n) is 2.92. The summed E-state index contributed by atoms with van der Waals surface area (Å²) >= 11 is 0. The van der Waals surface area contributed by atoms with Gasteiger partial charge in [-0.05, 0) is 31.2 Å². The van der Waals surface area contributed by atoms with Crippen LogP contribution >= 0.6 is 0 Å². The zero-order valence-corrected chi connectivity index (χ0v) is 10.4. The molecule has 0 saturated carbocycles. The summed E-state index contributed by atoms with van der Waals surface area (Å²) in [6, 6.07) is 16.3. The molecule has 0 N–H and O–H groups in total. The number of rotatable bonds is 2. The highest BCUT2D eigenvalue weighted by Crippen LogP contribution is 2.31. The second-order valence-electron chi connectivity index (χ2n) is 4.27. The summed E-state index contributed by atoms with van der Waals surface area (Å²) in [5.74, 6) is 0.415. The van der Waals surface area contributed by atoms with E-state index in [4.69, 9.17) is 4.74 Å². The lowest BCUT2D eigenvalue weighted by atomic mass is 10.2. The molecule has 1 aromatic heterocycles. The molecule has 0 amide bonds. The maximum absolute atomic E-state index is 14.5. The first kappa shape index (κ1) is 11.7. The van der Waals surface area contributed by atoms with Gasteiger partial charge in [0.1, 0.15) is 5.75 Å². The molecule has 19 heavy (non-hydrogen) atoms. The maximum atomic E-state index is 14.5. The normalized spacial score (nSPS) is 10.6. The fraction of sp³-hybridized carbons (Fsp3) is 0.0625. The van der Waals surface area contributed by atoms with Crippen LogP contribution in [0.3, 0.4) is 0 Å². The van der Waals surface area contributed by atoms with E-state index in [1.54, 1.807) is 37.3 Å². The molecule has 3 aromatic rings. The van der Waals surface area contributed by atoms with Crippen molar-refractivity contribution < 1.29 is 9.13 Å². The SMILES string of the molecule is Cc1nc2ccccc2c(F)c1Oc1ccccc1. The van der Waals surface area contributed by atoms with E-state index in [2.05, 4.69) is 4.98 Å². The summed E-state index contributed by atoms with van der Waals surface area (Å²) < 4.78 is 20.1. The van der Waals surface area contributed by atoms with Crippen molar-refractivity contribution >= 4 is 10.9 Å². The van der Waals surface area contributed by atoms with Crippen molar-refractivity contribution in [1.82, 2.24) is 4.98 Å². The standard InChI is InChI=1S/C16H12FNO/c1-11-16(19-12-7-3-2-4-8-12)15(17)13-9-5-6-10-14(13)18-11/h2-10H,1H3. The smallest absolute Gasteiger partial charge is 0.184 e. The first-order valence-corrected chi connectivity index (χ1v) is 6.03. The van der Waals surface area contributed by atoms with Gasteiger partial charge >= 0.3 is 0 Å². The number of para-hydroxylation sites is 2. The number of aromatic nitrogens is 1. The minimum Gasteiger partial charge on any atom is -0.452 e. The molecule has 0 aliphatic carbocycles. The van der Waals surface area contributed by atoms with Gasteiger partial charge in [0.25, 0.3) is 0 Å². The molecule has 0 bridgehead atoms. The topological polar surface area (TPSA) is 22.1 Å². The molecule has 0 spiro atoms. The van der Waals surface area contributed by atoms with Crippen molar-refractivity contribution in [2.45, 2.75) is 6.92 Å². The molecule has 94 valence electrons. The minimum atomic E-state index is -0.369. The molecular weight excluding hydrogens is 241 g/mol. The number of ether oxygens (including phenoxy) is 1. The van der Waals surface area contributed by atoms with Gasteiger partial charge in [0.15, 0.2) is 11.6 Å². The molecule has 0 fully saturated rings. The van der Waals surface area contributed by atoms with Crippen LogP contribution in [0.25, 0.3) is 10.9 Å². The van der Waals surface area contributed by atoms with Gasteiger partial charge in [-0.3, -0.25) is 0 Å². The van der Waals surface area contributed by atoms with Crippen molar-refractivity contribution in [2.75, 3.05) is 0 Å². The molecule has 1 heterocycles. The van der Waals surface area contributed by atoms with Crippen LogP contribution in [0.15, 0.2) is 54.6 Å². The summed E-state index contributed by atoms with van der Waals surface area (Å²) in [6.07, 6.45) is 0. The van der Waals surface area contributed by atoms with Gasteiger partial charge in [0, 0.05) is 5.39 Å². The fourth-order valence-corrected chi connectivity index (χ4v) is 1.99. The summed E-state index contributed by atoms with van der Waals surface area (Å²) in [7, 11) is 0. The minimum absolute atomic E-state index is 0.185. The van der Waals surface area contributed by atoms with Crippen LogP contribution in [0.2, 0.25) is 0 Å². The lowest BCUT2D eigenvalue weighted by Gasteiger charge is -2.11. The van der Waals surface area contributed by atoms with Gasteiger partial charge in [-0.2, -0.15) is 0 Å². The van der Waals surface area contributed by atoms with Crippen LogP contribution in [0.5, 0.6) is 11.5 Å². The van der Waals surface area contributed by atoms with Gasteiger partial charge in [-0.1, -0.05) is 30.3 Å². The quantitative estimate of drug-likeness (QED) is 0.672. The summed E-state index contributed by atoms with van der Waals surface area (Å²) in [4.78, 5) is 4.37. The van der Waals surface area contributed by atoms with Crippen LogP contribution in [0, 0.1) is 12.7 Å². The van der Waals surface area contributed by atoms with Crippen LogP contribution in [-0.4, -0.2) is 4.98 Å². The van der Waals surface area contributed by atoms with E-state index in [0.29, 0.717) is 22.3 Å². The van der Waals surface area contributed by atoms with E-state index >= 15 is 0 Å². The third kappa shape index (κ3) is 2.15. The maximum Gasteiger partial charge on any atom is 0.184 e. The third-order valence-corrected chi connectivity index (χ3v) is 2.92. The highest BCUT2D eigenvalue weighted by Gasteiger charge is 2.14. The van der Waals surface area contributed by atoms with E-state index in [1.807, 2.05) is 24.3 Å². The highest BCUT2D eigenvalue weighted by molar-refractivity contribution is 5.81. The van der Waals surface area contributed by atoms with E-state index in [9.17, 15) is 4.39 Å². The van der Waals surface area contributed by atoms with E-state index in [-0.39, 0.29) is 11.6 Å². The molecule has 0 aliphatic heterocycles. The molecule has 3 heteroatoms. The second-order valence-corrected chi connectivity index (χ2v) is 4.27. The van der Waals surface area contributed by atoms with E-state index < -0.39 is 0 Å². The van der Waals surface area contributed by atoms with Gasteiger partial charge < -0.3 is 4.74 Å². The summed E-state index contributed by atoms with van der Waals surface area (Å²) in [5, 5.41) is 0.471. The van der Waals surface area contributed by atoms with Crippen LogP contribution < -0.4 is 4.74 Å². The lowest BCUT2D eigenvalue weighted by Crippen LogP contribution is -1.96. The number of benzene rings is 2. The second kappa shape index (κ2) is 4.69. The Balaban J connectivity index is 2.13. The van der Waals surface area contributed by atoms with Crippen molar-refractivity contribution in [2.24, 2.45) is 0 Å². The first-order valence-electron chi connectivity index (χ1n) is 6.03. The molecule has 0 radical (unpaired) electrons. The van der Waals surface area contributed by atoms with Gasteiger partial charge in [-0.25, -0.2) is 9.37 Å². The van der Waals surface area contributed by atoms with Gasteiger partial charge in [0.05, 0.1) is 11.2 Å². The zero-order chi connectivity index (χ0) is 13.2. The van der Waals surface area contributed by atoms with Crippen LogP contribution in [0.4, 0.5) is 4.39 Å². The number of hydrogen-bond acceptors (Lipinski definition) is 2. The molecule has 3 rings (SSSR count). The number of halogens is 1. The Morgan fingerprint density at radius 3 is 2.42 bits per heavy atom. The Morgan fingerprint density at radius 1 is 0.947 bits per heavy atom. The lowest BCUT2D eigenvalue weighted by molar-refractivity contribution is 0.439. The molecule has 2 aromatic carbocycles.